The summed E-state index contributed by atoms with van der Waals surface area (Å²) >= 11 is 0. The number of carbonyl (C=O) groups excluding carboxylic acids is 1. The van der Waals surface area contributed by atoms with Gasteiger partial charge >= 0.3 is 0 Å². The van der Waals surface area contributed by atoms with Crippen LogP contribution in [0.4, 0.5) is 22.7 Å². The number of amides is 1. The number of anilines is 4. The lowest BCUT2D eigenvalue weighted by molar-refractivity contribution is 0.102. The number of fused-ring (bicyclic) bond motifs is 2. The van der Waals surface area contributed by atoms with Gasteiger partial charge in [0.25, 0.3) is 5.91 Å². The lowest BCUT2D eigenvalue weighted by Gasteiger charge is -2.31. The molecule has 1 saturated heterocycles. The quantitative estimate of drug-likeness (QED) is 0.724. The number of nitrogens with zero attached hydrogens (tertiary/aromatic N) is 1. The highest BCUT2D eigenvalue weighted by Crippen LogP contribution is 2.37. The van der Waals surface area contributed by atoms with Gasteiger partial charge in [0.2, 0.25) is 0 Å². The van der Waals surface area contributed by atoms with E-state index in [1.807, 2.05) is 36.4 Å². The van der Waals surface area contributed by atoms with Crippen LogP contribution in [-0.4, -0.2) is 32.1 Å². The number of rotatable bonds is 1. The molecule has 2 aliphatic rings. The third kappa shape index (κ3) is 3.29. The predicted molar refractivity (Wildman–Crippen MR) is 104 cm³/mol. The molecule has 7 heteroatoms. The van der Waals surface area contributed by atoms with Crippen molar-refractivity contribution in [3.63, 3.8) is 0 Å². The van der Waals surface area contributed by atoms with Crippen molar-refractivity contribution in [1.82, 2.24) is 5.32 Å². The summed E-state index contributed by atoms with van der Waals surface area (Å²) in [4.78, 5) is 14.8. The fraction of sp³-hybridized carbons (Fsp3) is 0.235. The molecule has 0 unspecified atom stereocenters. The lowest BCUT2D eigenvalue weighted by atomic mass is 10.1. The molecule has 0 atom stereocenters. The van der Waals surface area contributed by atoms with Crippen LogP contribution in [-0.2, 0) is 0 Å². The van der Waals surface area contributed by atoms with Crippen LogP contribution in [0.15, 0.2) is 42.5 Å². The van der Waals surface area contributed by atoms with Crippen molar-refractivity contribution >= 4 is 53.5 Å². The largest absolute Gasteiger partial charge is 0.367 e. The first-order valence-corrected chi connectivity index (χ1v) is 7.59. The maximum absolute atomic E-state index is 12.5. The number of para-hydroxylation sites is 3. The number of hydrogen-bond donors (Lipinski definition) is 3. The van der Waals surface area contributed by atoms with Gasteiger partial charge in [-0.15, -0.1) is 24.8 Å². The second-order valence-corrected chi connectivity index (χ2v) is 5.56. The monoisotopic (exact) mass is 366 g/mol. The van der Waals surface area contributed by atoms with E-state index in [9.17, 15) is 4.79 Å². The Morgan fingerprint density at radius 1 is 0.833 bits per heavy atom. The van der Waals surface area contributed by atoms with Crippen LogP contribution in [0, 0.1) is 0 Å². The highest BCUT2D eigenvalue weighted by atomic mass is 35.5. The molecule has 5 nitrogen and oxygen atoms in total. The molecule has 2 aliphatic heterocycles. The molecule has 0 aromatic heterocycles. The molecule has 0 bridgehead atoms. The van der Waals surface area contributed by atoms with Gasteiger partial charge in [-0.3, -0.25) is 4.79 Å². The maximum atomic E-state index is 12.5. The number of carbonyl (C=O) groups is 1. The van der Waals surface area contributed by atoms with E-state index in [2.05, 4.69) is 26.9 Å². The summed E-state index contributed by atoms with van der Waals surface area (Å²) in [6.45, 7) is 3.82. The van der Waals surface area contributed by atoms with E-state index in [-0.39, 0.29) is 30.7 Å². The van der Waals surface area contributed by atoms with Crippen molar-refractivity contribution < 1.29 is 4.79 Å². The SMILES string of the molecule is Cl.Cl.O=C1Nc2ccccc2Nc2c1cccc2N1CCNCC1. The second-order valence-electron chi connectivity index (χ2n) is 5.56. The van der Waals surface area contributed by atoms with Crippen molar-refractivity contribution in [2.75, 3.05) is 41.7 Å². The third-order valence-electron chi connectivity index (χ3n) is 4.18. The molecule has 0 spiro atoms. The Morgan fingerprint density at radius 3 is 2.21 bits per heavy atom. The minimum absolute atomic E-state index is 0. The fourth-order valence-corrected chi connectivity index (χ4v) is 3.06. The van der Waals surface area contributed by atoms with Gasteiger partial charge in [0.05, 0.1) is 28.3 Å². The molecule has 0 radical (unpaired) electrons. The molecule has 24 heavy (non-hydrogen) atoms. The molecule has 3 N–H and O–H groups in total. The number of halogens is 2. The maximum Gasteiger partial charge on any atom is 0.257 e. The molecule has 0 aliphatic carbocycles. The molecule has 2 aromatic rings. The normalized spacial score (nSPS) is 15.5. The van der Waals surface area contributed by atoms with Gasteiger partial charge < -0.3 is 20.9 Å². The van der Waals surface area contributed by atoms with Crippen LogP contribution in [0.2, 0.25) is 0 Å². The van der Waals surface area contributed by atoms with Crippen LogP contribution in [0.1, 0.15) is 10.4 Å². The lowest BCUT2D eigenvalue weighted by Crippen LogP contribution is -2.43. The van der Waals surface area contributed by atoms with E-state index in [1.165, 1.54) is 0 Å². The minimum Gasteiger partial charge on any atom is -0.367 e. The summed E-state index contributed by atoms with van der Waals surface area (Å²) in [5.74, 6) is -0.0653. The molecule has 0 saturated carbocycles. The molecule has 2 aromatic carbocycles. The van der Waals surface area contributed by atoms with E-state index < -0.39 is 0 Å². The Labute approximate surface area is 153 Å². The van der Waals surface area contributed by atoms with Crippen molar-refractivity contribution in [2.45, 2.75) is 0 Å². The Morgan fingerprint density at radius 2 is 1.50 bits per heavy atom. The average molecular weight is 367 g/mol. The van der Waals surface area contributed by atoms with Gasteiger partial charge in [-0.05, 0) is 24.3 Å². The first-order valence-electron chi connectivity index (χ1n) is 7.59. The molecular formula is C17H20Cl2N4O. The molecule has 4 rings (SSSR count). The topological polar surface area (TPSA) is 56.4 Å². The van der Waals surface area contributed by atoms with Gasteiger partial charge in [0.1, 0.15) is 0 Å². The average Bonchev–Trinajstić information content (AvgIpc) is 2.71. The van der Waals surface area contributed by atoms with E-state index in [0.29, 0.717) is 5.56 Å². The van der Waals surface area contributed by atoms with Gasteiger partial charge in [-0.1, -0.05) is 18.2 Å². The van der Waals surface area contributed by atoms with E-state index >= 15 is 0 Å². The highest BCUT2D eigenvalue weighted by Gasteiger charge is 2.23. The minimum atomic E-state index is -0.0653. The summed E-state index contributed by atoms with van der Waals surface area (Å²) in [5, 5.41) is 9.79. The highest BCUT2D eigenvalue weighted by molar-refractivity contribution is 6.14. The summed E-state index contributed by atoms with van der Waals surface area (Å²) in [5.41, 5.74) is 4.41. The Kier molecular flexibility index (Phi) is 5.94. The standard InChI is InChI=1S/C17H18N4O.2ClH/c22-17-12-4-3-7-15(21-10-8-18-9-11-21)16(12)19-13-5-1-2-6-14(13)20-17;;/h1-7,18-19H,8-11H2,(H,20,22);2*1H. The van der Waals surface area contributed by atoms with Crippen LogP contribution < -0.4 is 20.9 Å². The molecule has 128 valence electrons. The third-order valence-corrected chi connectivity index (χ3v) is 4.18. The van der Waals surface area contributed by atoms with Crippen LogP contribution in [0.5, 0.6) is 0 Å². The summed E-state index contributed by atoms with van der Waals surface area (Å²) in [7, 11) is 0. The molecular weight excluding hydrogens is 347 g/mol. The summed E-state index contributed by atoms with van der Waals surface area (Å²) in [6.07, 6.45) is 0. The molecule has 1 amide bonds. The molecule has 2 heterocycles. The van der Waals surface area contributed by atoms with E-state index in [0.717, 1.165) is 48.9 Å². The first kappa shape index (κ1) is 18.4. The number of piperazine rings is 1. The summed E-state index contributed by atoms with van der Waals surface area (Å²) < 4.78 is 0. The predicted octanol–water partition coefficient (Wildman–Crippen LogP) is 3.25. The van der Waals surface area contributed by atoms with Gasteiger partial charge in [-0.25, -0.2) is 0 Å². The van der Waals surface area contributed by atoms with Crippen molar-refractivity contribution in [3.8, 4) is 0 Å². The second kappa shape index (κ2) is 7.75. The van der Waals surface area contributed by atoms with E-state index in [4.69, 9.17) is 0 Å². The summed E-state index contributed by atoms with van der Waals surface area (Å²) in [6, 6.07) is 13.7. The smallest absolute Gasteiger partial charge is 0.257 e. The van der Waals surface area contributed by atoms with Crippen molar-refractivity contribution in [2.24, 2.45) is 0 Å². The van der Waals surface area contributed by atoms with Gasteiger partial charge in [0, 0.05) is 26.2 Å². The molecule has 1 fully saturated rings. The van der Waals surface area contributed by atoms with Crippen LogP contribution >= 0.6 is 24.8 Å². The Bertz CT molecular complexity index is 732. The van der Waals surface area contributed by atoms with Crippen molar-refractivity contribution in [3.05, 3.63) is 48.0 Å². The van der Waals surface area contributed by atoms with Gasteiger partial charge in [0.15, 0.2) is 0 Å². The number of benzene rings is 2. The zero-order chi connectivity index (χ0) is 14.9. The zero-order valence-electron chi connectivity index (χ0n) is 13.0. The van der Waals surface area contributed by atoms with Crippen LogP contribution in [0.25, 0.3) is 0 Å². The number of hydrogen-bond acceptors (Lipinski definition) is 4. The Balaban J connectivity index is 0.00000104. The Hall–Kier alpha value is -1.95. The van der Waals surface area contributed by atoms with E-state index in [1.54, 1.807) is 0 Å². The van der Waals surface area contributed by atoms with Crippen molar-refractivity contribution in [1.29, 1.82) is 0 Å². The zero-order valence-corrected chi connectivity index (χ0v) is 14.7. The first-order chi connectivity index (χ1) is 10.8. The fourth-order valence-electron chi connectivity index (χ4n) is 3.06. The number of nitrogens with one attached hydrogen (secondary N) is 3. The van der Waals surface area contributed by atoms with Crippen LogP contribution in [0.3, 0.4) is 0 Å². The van der Waals surface area contributed by atoms with Gasteiger partial charge in [-0.2, -0.15) is 0 Å².